The molecule has 0 fully saturated rings. The van der Waals surface area contributed by atoms with Gasteiger partial charge in [0.15, 0.2) is 0 Å². The molecule has 0 aliphatic heterocycles. The molecule has 0 aliphatic rings. The molecule has 0 rings (SSSR count). The number of carboxylic acids is 3. The fourth-order valence-electron chi connectivity index (χ4n) is 2.11. The molecule has 0 spiro atoms. The summed E-state index contributed by atoms with van der Waals surface area (Å²) in [7, 11) is -4.48. The number of carbonyl (C=O) groups is 3. The Balaban J connectivity index is -0.0000000860. The Labute approximate surface area is 296 Å². The van der Waals surface area contributed by atoms with Gasteiger partial charge >= 0.3 is 47.5 Å². The van der Waals surface area contributed by atoms with Crippen molar-refractivity contribution in [2.75, 3.05) is 13.2 Å². The van der Waals surface area contributed by atoms with Crippen LogP contribution in [0.3, 0.4) is 0 Å². The second kappa shape index (κ2) is 46.9. The normalized spacial score (nSPS) is 9.09. The Hall–Kier alpha value is -1.54. The molecule has 45 heavy (non-hydrogen) atoms. The molecule has 0 saturated carbocycles. The van der Waals surface area contributed by atoms with Crippen LogP contribution in [0, 0.1) is 0 Å². The fraction of sp³-hybridized carbons (Fsp3) is 0.719. The summed E-state index contributed by atoms with van der Waals surface area (Å²) in [6.45, 7) is 22.8. The van der Waals surface area contributed by atoms with Crippen molar-refractivity contribution >= 4 is 28.3 Å². The van der Waals surface area contributed by atoms with Gasteiger partial charge in [-0.25, -0.2) is 22.8 Å². The van der Waals surface area contributed by atoms with Crippen molar-refractivity contribution in [1.29, 1.82) is 0 Å². The second-order valence-electron chi connectivity index (χ2n) is 9.81. The number of rotatable bonds is 18. The van der Waals surface area contributed by atoms with E-state index in [1.165, 1.54) is 78.6 Å². The first-order valence-corrected chi connectivity index (χ1v) is 16.5. The van der Waals surface area contributed by atoms with Crippen LogP contribution in [0.2, 0.25) is 0 Å². The van der Waals surface area contributed by atoms with Crippen LogP contribution in [-0.4, -0.2) is 64.5 Å². The molecule has 0 aromatic heterocycles. The Morgan fingerprint density at radius 2 is 0.822 bits per heavy atom. The molecule has 0 aliphatic carbocycles. The van der Waals surface area contributed by atoms with E-state index >= 15 is 0 Å². The third kappa shape index (κ3) is 92.2. The number of aliphatic carboxylic acids is 3. The van der Waals surface area contributed by atoms with Crippen LogP contribution < -0.4 is 29.6 Å². The first-order chi connectivity index (χ1) is 20.3. The smallest absolute Gasteiger partial charge is 0.726 e. The minimum atomic E-state index is -4.48. The molecule has 0 radical (unpaired) electrons. The average Bonchev–Trinajstić information content (AvgIpc) is 2.91. The van der Waals surface area contributed by atoms with Gasteiger partial charge in [-0.15, -0.1) is 0 Å². The summed E-state index contributed by atoms with van der Waals surface area (Å²) in [6.07, 6.45) is 16.3. The van der Waals surface area contributed by atoms with Gasteiger partial charge in [0.05, 0.1) is 6.61 Å². The molecular weight excluding hydrogens is 615 g/mol. The van der Waals surface area contributed by atoms with E-state index < -0.39 is 28.3 Å². The molecule has 4 N–H and O–H groups in total. The van der Waals surface area contributed by atoms with Gasteiger partial charge in [0.2, 0.25) is 10.4 Å². The van der Waals surface area contributed by atoms with E-state index in [0.29, 0.717) is 13.0 Å². The molecule has 0 saturated heterocycles. The minimum absolute atomic E-state index is 0. The van der Waals surface area contributed by atoms with E-state index in [4.69, 9.17) is 20.4 Å². The molecule has 0 aromatic carbocycles. The largest absolute Gasteiger partial charge is 1.00 e. The predicted octanol–water partition coefficient (Wildman–Crippen LogP) is 4.91. The van der Waals surface area contributed by atoms with Gasteiger partial charge in [0.1, 0.15) is 0 Å². The molecule has 264 valence electrons. The summed E-state index contributed by atoms with van der Waals surface area (Å²) in [6, 6.07) is 0. The quantitative estimate of drug-likeness (QED) is 0.0505. The van der Waals surface area contributed by atoms with Crippen molar-refractivity contribution in [2.45, 2.75) is 138 Å². The average molecular weight is 679 g/mol. The first kappa shape index (κ1) is 58.9. The zero-order valence-electron chi connectivity index (χ0n) is 29.5. The van der Waals surface area contributed by atoms with E-state index in [2.05, 4.69) is 51.6 Å². The molecule has 13 heteroatoms. The molecule has 0 amide bonds. The maximum Gasteiger partial charge on any atom is 1.00 e. The topological polar surface area (TPSA) is 199 Å². The van der Waals surface area contributed by atoms with Gasteiger partial charge < -0.3 is 25.0 Å². The van der Waals surface area contributed by atoms with E-state index in [1.54, 1.807) is 0 Å². The van der Waals surface area contributed by atoms with Crippen molar-refractivity contribution < 1.29 is 81.5 Å². The van der Waals surface area contributed by atoms with Gasteiger partial charge in [-0.2, -0.15) is 0 Å². The minimum Gasteiger partial charge on any atom is -0.726 e. The van der Waals surface area contributed by atoms with Gasteiger partial charge in [-0.3, -0.25) is 4.18 Å². The molecule has 0 aromatic rings. The molecular formula is C32H63NaO11S. The number of aliphatic hydroxyl groups is 1. The maximum absolute atomic E-state index is 10.1. The molecule has 0 bridgehead atoms. The fourth-order valence-corrected chi connectivity index (χ4v) is 2.43. The van der Waals surface area contributed by atoms with Crippen molar-refractivity contribution in [2.24, 2.45) is 0 Å². The van der Waals surface area contributed by atoms with Crippen molar-refractivity contribution in [3.05, 3.63) is 36.5 Å². The predicted molar refractivity (Wildman–Crippen MR) is 177 cm³/mol. The first-order valence-electron chi connectivity index (χ1n) is 15.2. The molecule has 0 unspecified atom stereocenters. The maximum atomic E-state index is 10.1. The van der Waals surface area contributed by atoms with Crippen molar-refractivity contribution in [3.63, 3.8) is 0 Å². The van der Waals surface area contributed by atoms with Crippen LogP contribution in [0.1, 0.15) is 138 Å². The summed E-state index contributed by atoms with van der Waals surface area (Å²) in [4.78, 5) is 28.8. The van der Waals surface area contributed by atoms with Crippen LogP contribution in [-0.2, 0) is 29.0 Å². The van der Waals surface area contributed by atoms with Gasteiger partial charge in [0, 0.05) is 23.3 Å². The van der Waals surface area contributed by atoms with Crippen molar-refractivity contribution in [3.8, 4) is 0 Å². The number of hydrogen-bond acceptors (Lipinski definition) is 8. The van der Waals surface area contributed by atoms with Crippen LogP contribution in [0.25, 0.3) is 0 Å². The summed E-state index contributed by atoms with van der Waals surface area (Å²) in [5.74, 6) is -2.81. The summed E-state index contributed by atoms with van der Waals surface area (Å²) in [5, 5.41) is 31.9. The van der Waals surface area contributed by atoms with Crippen LogP contribution in [0.15, 0.2) is 36.5 Å². The summed E-state index contributed by atoms with van der Waals surface area (Å²) < 4.78 is 34.5. The number of hydrogen-bond donors (Lipinski definition) is 4. The Morgan fingerprint density at radius 1 is 0.600 bits per heavy atom. The third-order valence-electron chi connectivity index (χ3n) is 4.58. The Morgan fingerprint density at radius 3 is 1.00 bits per heavy atom. The summed E-state index contributed by atoms with van der Waals surface area (Å²) in [5.41, 5.74) is 0.528. The molecule has 0 atom stereocenters. The zero-order chi connectivity index (χ0) is 36.0. The van der Waals surface area contributed by atoms with Crippen LogP contribution in [0.5, 0.6) is 0 Å². The molecule has 0 heterocycles. The monoisotopic (exact) mass is 678 g/mol. The molecule has 11 nitrogen and oxygen atoms in total. The number of aliphatic hydroxyl groups excluding tert-OH is 1. The standard InChI is InChI=1S/C12H26O4S.C5H12O.3C4H6O2.C3H8.Na/c1-2-3-4-5-6-7-8-9-10-11-12-16-17(13,14)15;1-2-3-4-5-6;3*1-3(2)4(5)6;1-3-2;/h2-12H2,1H3,(H,13,14,15);6H,2-5H2,1H3;3*1H2,2H3,(H,5,6);3H2,1-2H3;/q;;;;;;+1/p-1. The number of carboxylic acid groups (broad SMARTS) is 3. The Kier molecular flexibility index (Phi) is 61.4. The van der Waals surface area contributed by atoms with Crippen molar-refractivity contribution in [1.82, 2.24) is 0 Å². The SMILES string of the molecule is C=C(C)C(=O)O.C=C(C)C(=O)O.C=C(C)C(=O)O.CCC.CCCCCCCCCCCCOS(=O)(=O)[O-].CCCCCO.[Na+]. The van der Waals surface area contributed by atoms with E-state index in [-0.39, 0.29) is 52.9 Å². The zero-order valence-corrected chi connectivity index (χ0v) is 32.3. The van der Waals surface area contributed by atoms with Gasteiger partial charge in [0.25, 0.3) is 0 Å². The second-order valence-corrected chi connectivity index (χ2v) is 10.9. The third-order valence-corrected chi connectivity index (χ3v) is 5.04. The summed E-state index contributed by atoms with van der Waals surface area (Å²) >= 11 is 0. The van der Waals surface area contributed by atoms with Crippen LogP contribution >= 0.6 is 0 Å². The van der Waals surface area contributed by atoms with Crippen LogP contribution in [0.4, 0.5) is 0 Å². The van der Waals surface area contributed by atoms with E-state index in [0.717, 1.165) is 25.7 Å². The van der Waals surface area contributed by atoms with Gasteiger partial charge in [-0.05, 0) is 33.6 Å². The van der Waals surface area contributed by atoms with Gasteiger partial charge in [-0.1, -0.05) is 124 Å². The van der Waals surface area contributed by atoms with E-state index in [1.807, 2.05) is 0 Å². The van der Waals surface area contributed by atoms with E-state index in [9.17, 15) is 27.4 Å². The number of unbranched alkanes of at least 4 members (excludes halogenated alkanes) is 11. The Bertz CT molecular complexity index is 730.